The van der Waals surface area contributed by atoms with Crippen LogP contribution in [0.4, 0.5) is 17.1 Å². The third-order valence-electron chi connectivity index (χ3n) is 11.8. The molecule has 0 saturated carbocycles. The van der Waals surface area contributed by atoms with Crippen LogP contribution in [0.1, 0.15) is 11.0 Å². The first-order valence-electron chi connectivity index (χ1n) is 24.6. The molecule has 0 aliphatic heterocycles. The van der Waals surface area contributed by atoms with E-state index in [4.69, 9.17) is 4.42 Å². The van der Waals surface area contributed by atoms with Crippen molar-refractivity contribution in [2.45, 2.75) is 0 Å². The molecule has 12 rings (SSSR count). The molecule has 0 aliphatic rings. The standard InChI is InChI=1S/C60H39NO/c1-2-12-40(13-3-1)41-24-26-42(27-25-41)43-28-33-48(34-29-43)61(49-35-30-45(31-36-49)57-39-47-15-5-6-18-51(47)54-20-8-9-21-55(54)57)50-17-10-16-46(38-50)52-22-11-23-58-59(52)56-37-32-44-14-4-7-19-53(44)60(56)62-58/h1-39H/i28D,29D,30D,31D,33D,34D,35D,36D. The van der Waals surface area contributed by atoms with Gasteiger partial charge in [-0.1, -0.05) is 182 Å². The summed E-state index contributed by atoms with van der Waals surface area (Å²) in [5.41, 5.74) is 5.96. The maximum absolute atomic E-state index is 9.84. The molecule has 0 unspecified atom stereocenters. The zero-order valence-electron chi connectivity index (χ0n) is 41.3. The Labute approximate surface area is 371 Å². The summed E-state index contributed by atoms with van der Waals surface area (Å²) < 4.78 is 84.1. The molecule has 0 amide bonds. The first-order chi connectivity index (χ1) is 34.1. The molecule has 62 heavy (non-hydrogen) atoms. The van der Waals surface area contributed by atoms with Crippen molar-refractivity contribution in [3.05, 3.63) is 236 Å². The van der Waals surface area contributed by atoms with Crippen molar-refractivity contribution < 1.29 is 15.4 Å². The smallest absolute Gasteiger partial charge is 0.143 e. The highest BCUT2D eigenvalue weighted by Crippen LogP contribution is 2.43. The molecule has 290 valence electrons. The van der Waals surface area contributed by atoms with Gasteiger partial charge in [0.2, 0.25) is 0 Å². The summed E-state index contributed by atoms with van der Waals surface area (Å²) in [4.78, 5) is 1.37. The van der Waals surface area contributed by atoms with Gasteiger partial charge in [-0.15, -0.1) is 0 Å². The third kappa shape index (κ3) is 6.12. The normalized spacial score (nSPS) is 13.4. The van der Waals surface area contributed by atoms with Crippen LogP contribution in [0.2, 0.25) is 0 Å². The lowest BCUT2D eigenvalue weighted by Gasteiger charge is -2.26. The van der Waals surface area contributed by atoms with Crippen molar-refractivity contribution in [2.24, 2.45) is 0 Å². The first-order valence-corrected chi connectivity index (χ1v) is 20.6. The van der Waals surface area contributed by atoms with E-state index in [0.717, 1.165) is 65.4 Å². The summed E-state index contributed by atoms with van der Waals surface area (Å²) in [5, 5.41) is 7.34. The monoisotopic (exact) mass is 797 g/mol. The lowest BCUT2D eigenvalue weighted by atomic mass is 9.93. The van der Waals surface area contributed by atoms with Gasteiger partial charge in [0.15, 0.2) is 0 Å². The van der Waals surface area contributed by atoms with Crippen LogP contribution in [0, 0.1) is 0 Å². The Morgan fingerprint density at radius 1 is 0.323 bits per heavy atom. The number of furan rings is 1. The molecule has 0 spiro atoms. The molecule has 1 aromatic heterocycles. The lowest BCUT2D eigenvalue weighted by Crippen LogP contribution is -2.10. The summed E-state index contributed by atoms with van der Waals surface area (Å²) >= 11 is 0. The van der Waals surface area contributed by atoms with Gasteiger partial charge < -0.3 is 9.32 Å². The Bertz CT molecular complexity index is 4050. The van der Waals surface area contributed by atoms with Gasteiger partial charge in [0.25, 0.3) is 0 Å². The molecule has 0 aliphatic carbocycles. The Hall–Kier alpha value is -8.20. The van der Waals surface area contributed by atoms with E-state index in [0.29, 0.717) is 28.0 Å². The molecule has 0 bridgehead atoms. The lowest BCUT2D eigenvalue weighted by molar-refractivity contribution is 0.673. The van der Waals surface area contributed by atoms with E-state index in [1.165, 1.54) is 4.90 Å². The highest BCUT2D eigenvalue weighted by molar-refractivity contribution is 6.19. The molecule has 0 saturated heterocycles. The quantitative estimate of drug-likeness (QED) is 0.149. The highest BCUT2D eigenvalue weighted by Gasteiger charge is 2.18. The number of hydrogen-bond donors (Lipinski definition) is 0. The fourth-order valence-electron chi connectivity index (χ4n) is 8.81. The summed E-state index contributed by atoms with van der Waals surface area (Å²) in [6.45, 7) is 0. The second kappa shape index (κ2) is 14.8. The minimum Gasteiger partial charge on any atom is -0.455 e. The summed E-state index contributed by atoms with van der Waals surface area (Å²) in [6, 6.07) is 57.0. The van der Waals surface area contributed by atoms with Gasteiger partial charge in [0, 0.05) is 33.2 Å². The van der Waals surface area contributed by atoms with Gasteiger partial charge in [-0.2, -0.15) is 0 Å². The van der Waals surface area contributed by atoms with Crippen molar-refractivity contribution in [2.75, 3.05) is 4.90 Å². The minimum absolute atomic E-state index is 0.0937. The van der Waals surface area contributed by atoms with Crippen LogP contribution in [-0.4, -0.2) is 0 Å². The molecule has 12 aromatic rings. The molecule has 0 fully saturated rings. The summed E-state index contributed by atoms with van der Waals surface area (Å²) in [7, 11) is 0. The SMILES string of the molecule is [2H]c1c([2H])c(N(c2cccc(-c3cccc4oc5c6ccccc6ccc5c34)c2)c2c([2H])c([2H])c(-c3cc4ccccc4c4ccccc34)c([2H])c2[2H])c([2H])c([2H])c1-c1ccc(-c2ccccc2)cc1. The number of nitrogens with zero attached hydrogens (tertiary/aromatic N) is 1. The first kappa shape index (κ1) is 28.3. The van der Waals surface area contributed by atoms with Crippen molar-refractivity contribution in [1.29, 1.82) is 0 Å². The maximum atomic E-state index is 9.84. The van der Waals surface area contributed by atoms with E-state index >= 15 is 0 Å². The number of fused-ring (bicyclic) bond motifs is 8. The molecular weight excluding hydrogens is 751 g/mol. The fraction of sp³-hybridized carbons (Fsp3) is 0. The average Bonchev–Trinajstić information content (AvgIpc) is 3.80. The Kier molecular flexibility index (Phi) is 6.76. The summed E-state index contributed by atoms with van der Waals surface area (Å²) in [6.07, 6.45) is 0. The van der Waals surface area contributed by atoms with Crippen molar-refractivity contribution in [1.82, 2.24) is 0 Å². The average molecular weight is 798 g/mol. The second-order valence-corrected chi connectivity index (χ2v) is 15.4. The van der Waals surface area contributed by atoms with E-state index in [-0.39, 0.29) is 46.7 Å². The topological polar surface area (TPSA) is 16.4 Å². The van der Waals surface area contributed by atoms with Crippen molar-refractivity contribution >= 4 is 71.3 Å². The molecule has 11 aromatic carbocycles. The van der Waals surface area contributed by atoms with Gasteiger partial charge >= 0.3 is 0 Å². The van der Waals surface area contributed by atoms with Gasteiger partial charge in [-0.25, -0.2) is 0 Å². The van der Waals surface area contributed by atoms with E-state index < -0.39 is 24.2 Å². The minimum atomic E-state index is -0.412. The molecule has 0 atom stereocenters. The third-order valence-corrected chi connectivity index (χ3v) is 11.8. The van der Waals surface area contributed by atoms with Crippen LogP contribution >= 0.6 is 0 Å². The molecule has 0 N–H and O–H groups in total. The highest BCUT2D eigenvalue weighted by atomic mass is 16.3. The van der Waals surface area contributed by atoms with E-state index in [1.807, 2.05) is 152 Å². The van der Waals surface area contributed by atoms with E-state index in [9.17, 15) is 11.0 Å². The van der Waals surface area contributed by atoms with Crippen LogP contribution in [0.3, 0.4) is 0 Å². The molecule has 1 heterocycles. The molecule has 2 nitrogen and oxygen atoms in total. The zero-order valence-corrected chi connectivity index (χ0v) is 33.3. The van der Waals surface area contributed by atoms with Crippen LogP contribution in [0.15, 0.2) is 241 Å². The van der Waals surface area contributed by atoms with Crippen LogP contribution in [-0.2, 0) is 0 Å². The van der Waals surface area contributed by atoms with Crippen LogP contribution in [0.25, 0.3) is 98.8 Å². The maximum Gasteiger partial charge on any atom is 0.143 e. The number of anilines is 3. The zero-order chi connectivity index (χ0) is 47.9. The van der Waals surface area contributed by atoms with E-state index in [2.05, 4.69) is 12.1 Å². The predicted octanol–water partition coefficient (Wildman–Crippen LogP) is 17.2. The second-order valence-electron chi connectivity index (χ2n) is 15.4. The van der Waals surface area contributed by atoms with Crippen molar-refractivity contribution in [3.8, 4) is 44.5 Å². The Balaban J connectivity index is 1.09. The largest absolute Gasteiger partial charge is 0.455 e. The Morgan fingerprint density at radius 2 is 0.903 bits per heavy atom. The molecule has 0 radical (unpaired) electrons. The number of benzene rings is 11. The van der Waals surface area contributed by atoms with Crippen LogP contribution in [0.5, 0.6) is 0 Å². The predicted molar refractivity (Wildman–Crippen MR) is 263 cm³/mol. The fourth-order valence-corrected chi connectivity index (χ4v) is 8.81. The number of rotatable bonds is 7. The number of hydrogen-bond acceptors (Lipinski definition) is 2. The van der Waals surface area contributed by atoms with Gasteiger partial charge in [-0.3, -0.25) is 0 Å². The van der Waals surface area contributed by atoms with Gasteiger partial charge in [0.1, 0.15) is 11.2 Å². The molecular formula is C60H39NO. The van der Waals surface area contributed by atoms with Gasteiger partial charge in [-0.05, 0) is 126 Å². The summed E-state index contributed by atoms with van der Waals surface area (Å²) in [5.74, 6) is 0. The van der Waals surface area contributed by atoms with Gasteiger partial charge in [0.05, 0.1) is 11.0 Å². The van der Waals surface area contributed by atoms with E-state index in [1.54, 1.807) is 24.3 Å². The molecule has 2 heteroatoms. The Morgan fingerprint density at radius 3 is 1.66 bits per heavy atom. The van der Waals surface area contributed by atoms with Crippen molar-refractivity contribution in [3.63, 3.8) is 0 Å². The van der Waals surface area contributed by atoms with Crippen LogP contribution < -0.4 is 4.90 Å².